The Morgan fingerprint density at radius 1 is 1.27 bits per heavy atom. The Morgan fingerprint density at radius 3 is 2.35 bits per heavy atom. The highest BCUT2D eigenvalue weighted by atomic mass is 32.1. The average molecular weight is 400 g/mol. The lowest BCUT2D eigenvalue weighted by atomic mass is 9.95. The van der Waals surface area contributed by atoms with Crippen LogP contribution < -0.4 is 5.73 Å². The van der Waals surface area contributed by atoms with Crippen molar-refractivity contribution in [3.05, 3.63) is 16.0 Å². The van der Waals surface area contributed by atoms with E-state index in [1.54, 1.807) is 0 Å². The van der Waals surface area contributed by atoms with Gasteiger partial charge in [-0.15, -0.1) is 11.3 Å². The van der Waals surface area contributed by atoms with E-state index in [9.17, 15) is 4.79 Å². The first-order valence-corrected chi connectivity index (χ1v) is 12.9. The Labute approximate surface area is 162 Å². The molecule has 1 aliphatic rings. The van der Waals surface area contributed by atoms with Crippen LogP contribution in [0.1, 0.15) is 81.5 Å². The molecule has 0 spiro atoms. The molecule has 1 aromatic heterocycles. The van der Waals surface area contributed by atoms with Gasteiger partial charge in [-0.3, -0.25) is 0 Å². The zero-order valence-corrected chi connectivity index (χ0v) is 18.9. The lowest BCUT2D eigenvalue weighted by Gasteiger charge is -2.36. The van der Waals surface area contributed by atoms with Crippen LogP contribution in [-0.4, -0.2) is 26.5 Å². The lowest BCUT2D eigenvalue weighted by molar-refractivity contribution is -0.102. The number of hydrogen-bond acceptors (Lipinski definition) is 6. The van der Waals surface area contributed by atoms with E-state index in [0.717, 1.165) is 28.6 Å². The van der Waals surface area contributed by atoms with Crippen LogP contribution in [0.5, 0.6) is 0 Å². The third kappa shape index (κ3) is 4.32. The van der Waals surface area contributed by atoms with E-state index in [2.05, 4.69) is 27.7 Å². The highest BCUT2D eigenvalue weighted by Gasteiger charge is 2.40. The Hall–Kier alpha value is -0.893. The molecule has 0 saturated carbocycles. The standard InChI is InChI=1S/C19H33NO4SSi/c1-8-26(9-2,10-3)24-18-15-13(12(4)11-22-18)14(16(20)25-15)17(21)23-19(5,6)7/h12,18H,8-11,20H2,1-7H3. The molecule has 2 N–H and O–H groups in total. The summed E-state index contributed by atoms with van der Waals surface area (Å²) in [6, 6.07) is 3.14. The monoisotopic (exact) mass is 399 g/mol. The maximum Gasteiger partial charge on any atom is 0.341 e. The number of carbonyl (C=O) groups is 1. The summed E-state index contributed by atoms with van der Waals surface area (Å²) in [5.41, 5.74) is 7.14. The van der Waals surface area contributed by atoms with Crippen molar-refractivity contribution in [3.8, 4) is 0 Å². The van der Waals surface area contributed by atoms with Crippen LogP contribution in [-0.2, 0) is 13.9 Å². The number of thiophene rings is 1. The fourth-order valence-electron chi connectivity index (χ4n) is 3.39. The molecular weight excluding hydrogens is 366 g/mol. The minimum absolute atomic E-state index is 0.0851. The van der Waals surface area contributed by atoms with Gasteiger partial charge in [0.15, 0.2) is 14.6 Å². The molecule has 2 rings (SSSR count). The van der Waals surface area contributed by atoms with Crippen LogP contribution in [0, 0.1) is 0 Å². The predicted octanol–water partition coefficient (Wildman–Crippen LogP) is 5.44. The number of esters is 1. The molecule has 0 aromatic carbocycles. The summed E-state index contributed by atoms with van der Waals surface area (Å²) >= 11 is 1.40. The smallest absolute Gasteiger partial charge is 0.341 e. The highest BCUT2D eigenvalue weighted by Crippen LogP contribution is 2.46. The highest BCUT2D eigenvalue weighted by molar-refractivity contribution is 7.16. The fraction of sp³-hybridized carbons (Fsp3) is 0.737. The first-order chi connectivity index (χ1) is 12.1. The van der Waals surface area contributed by atoms with Gasteiger partial charge in [0.05, 0.1) is 17.0 Å². The van der Waals surface area contributed by atoms with Crippen molar-refractivity contribution in [2.24, 2.45) is 0 Å². The Bertz CT molecular complexity index is 640. The van der Waals surface area contributed by atoms with Crippen molar-refractivity contribution in [2.75, 3.05) is 12.3 Å². The lowest BCUT2D eigenvalue weighted by Crippen LogP contribution is -2.39. The van der Waals surface area contributed by atoms with E-state index in [4.69, 9.17) is 19.6 Å². The van der Waals surface area contributed by atoms with Crippen molar-refractivity contribution >= 4 is 30.6 Å². The van der Waals surface area contributed by atoms with Crippen LogP contribution in [0.4, 0.5) is 5.00 Å². The normalized spacial score (nSPS) is 20.7. The summed E-state index contributed by atoms with van der Waals surface area (Å²) < 4.78 is 18.2. The van der Waals surface area contributed by atoms with E-state index >= 15 is 0 Å². The molecule has 0 bridgehead atoms. The number of rotatable bonds is 6. The van der Waals surface area contributed by atoms with E-state index < -0.39 is 20.2 Å². The summed E-state index contributed by atoms with van der Waals surface area (Å²) in [5, 5.41) is 0.493. The minimum atomic E-state index is -1.84. The van der Waals surface area contributed by atoms with Crippen LogP contribution in [0.15, 0.2) is 0 Å². The van der Waals surface area contributed by atoms with Crippen LogP contribution in [0.2, 0.25) is 18.1 Å². The number of ether oxygens (including phenoxy) is 2. The quantitative estimate of drug-likeness (QED) is 0.509. The van der Waals surface area contributed by atoms with Gasteiger partial charge >= 0.3 is 5.97 Å². The number of carbonyl (C=O) groups excluding carboxylic acids is 1. The summed E-state index contributed by atoms with van der Waals surface area (Å²) in [6.45, 7) is 14.7. The number of anilines is 1. The topological polar surface area (TPSA) is 70.8 Å². The van der Waals surface area contributed by atoms with Gasteiger partial charge in [-0.05, 0) is 44.5 Å². The SMILES string of the molecule is CC[Si](CC)(CC)OC1OCC(C)c2c1sc(N)c2C(=O)OC(C)(C)C. The van der Waals surface area contributed by atoms with E-state index in [1.165, 1.54) is 11.3 Å². The van der Waals surface area contributed by atoms with Gasteiger partial charge in [-0.2, -0.15) is 0 Å². The van der Waals surface area contributed by atoms with Crippen molar-refractivity contribution < 1.29 is 18.7 Å². The van der Waals surface area contributed by atoms with Crippen molar-refractivity contribution in [3.63, 3.8) is 0 Å². The van der Waals surface area contributed by atoms with Gasteiger partial charge in [0.25, 0.3) is 0 Å². The average Bonchev–Trinajstić information content (AvgIpc) is 2.91. The second kappa shape index (κ2) is 8.00. The second-order valence-corrected chi connectivity index (χ2v) is 13.9. The molecule has 148 valence electrons. The van der Waals surface area contributed by atoms with Gasteiger partial charge in [0, 0.05) is 5.92 Å². The summed E-state index contributed by atoms with van der Waals surface area (Å²) in [4.78, 5) is 13.7. The maximum absolute atomic E-state index is 12.8. The number of nitrogen functional groups attached to an aromatic ring is 1. The van der Waals surface area contributed by atoms with Gasteiger partial charge in [-0.1, -0.05) is 27.7 Å². The molecule has 0 saturated heterocycles. The molecule has 0 aliphatic carbocycles. The van der Waals surface area contributed by atoms with Crippen molar-refractivity contribution in [2.45, 2.75) is 84.4 Å². The Morgan fingerprint density at radius 2 is 1.85 bits per heavy atom. The second-order valence-electron chi connectivity index (χ2n) is 8.05. The van der Waals surface area contributed by atoms with Crippen LogP contribution >= 0.6 is 11.3 Å². The van der Waals surface area contributed by atoms with Crippen molar-refractivity contribution in [1.29, 1.82) is 0 Å². The molecule has 0 fully saturated rings. The molecule has 5 nitrogen and oxygen atoms in total. The largest absolute Gasteiger partial charge is 0.456 e. The van der Waals surface area contributed by atoms with Crippen LogP contribution in [0.25, 0.3) is 0 Å². The molecule has 0 radical (unpaired) electrons. The zero-order valence-electron chi connectivity index (χ0n) is 17.1. The van der Waals surface area contributed by atoms with Gasteiger partial charge in [0.2, 0.25) is 0 Å². The number of hydrogen-bond donors (Lipinski definition) is 1. The molecule has 2 heterocycles. The van der Waals surface area contributed by atoms with Crippen molar-refractivity contribution in [1.82, 2.24) is 0 Å². The molecule has 2 atom stereocenters. The molecule has 2 unspecified atom stereocenters. The summed E-state index contributed by atoms with van der Waals surface area (Å²) in [7, 11) is -1.84. The molecule has 1 aliphatic heterocycles. The maximum atomic E-state index is 12.8. The van der Waals surface area contributed by atoms with E-state index in [-0.39, 0.29) is 11.9 Å². The van der Waals surface area contributed by atoms with E-state index in [0.29, 0.717) is 17.2 Å². The molecule has 26 heavy (non-hydrogen) atoms. The molecular formula is C19H33NO4SSi. The molecule has 7 heteroatoms. The summed E-state index contributed by atoms with van der Waals surface area (Å²) in [5.74, 6) is -0.271. The Kier molecular flexibility index (Phi) is 6.59. The first-order valence-electron chi connectivity index (χ1n) is 9.52. The minimum Gasteiger partial charge on any atom is -0.456 e. The summed E-state index contributed by atoms with van der Waals surface area (Å²) in [6.07, 6.45) is -0.420. The van der Waals surface area contributed by atoms with Crippen LogP contribution in [0.3, 0.4) is 0 Å². The third-order valence-corrected chi connectivity index (χ3v) is 10.7. The third-order valence-electron chi connectivity index (χ3n) is 5.10. The molecule has 1 aromatic rings. The zero-order chi connectivity index (χ0) is 19.7. The van der Waals surface area contributed by atoms with Gasteiger partial charge in [0.1, 0.15) is 10.6 Å². The number of fused-ring (bicyclic) bond motifs is 1. The molecule has 0 amide bonds. The van der Waals surface area contributed by atoms with Gasteiger partial charge < -0.3 is 19.6 Å². The number of nitrogens with two attached hydrogens (primary N) is 1. The Balaban J connectivity index is 2.42. The fourth-order valence-corrected chi connectivity index (χ4v) is 7.27. The van der Waals surface area contributed by atoms with E-state index in [1.807, 2.05) is 20.8 Å². The predicted molar refractivity (Wildman–Crippen MR) is 109 cm³/mol. The first kappa shape index (κ1) is 21.4. The van der Waals surface area contributed by atoms with Gasteiger partial charge in [-0.25, -0.2) is 4.79 Å².